The molecule has 0 aliphatic carbocycles. The highest BCUT2D eigenvalue weighted by molar-refractivity contribution is 6.34. The summed E-state index contributed by atoms with van der Waals surface area (Å²) >= 11 is 0. The van der Waals surface area contributed by atoms with Crippen LogP contribution in [0.1, 0.15) is 57.7 Å². The van der Waals surface area contributed by atoms with Gasteiger partial charge in [-0.25, -0.2) is 4.90 Å². The number of rotatable bonds is 6. The number of anilines is 2. The molecular weight excluding hydrogens is 468 g/mol. The van der Waals surface area contributed by atoms with Crippen molar-refractivity contribution >= 4 is 35.1 Å². The summed E-state index contributed by atoms with van der Waals surface area (Å²) in [6, 6.07) is 17.6. The smallest absolute Gasteiger partial charge is 0.316 e. The van der Waals surface area contributed by atoms with Gasteiger partial charge in [0.05, 0.1) is 22.7 Å². The number of nitrogens with zero attached hydrogens (tertiary/aromatic N) is 2. The summed E-state index contributed by atoms with van der Waals surface area (Å²) in [7, 11) is 0. The molecule has 5 rings (SSSR count). The maximum atomic E-state index is 13.0. The number of esters is 1. The van der Waals surface area contributed by atoms with Gasteiger partial charge < -0.3 is 9.64 Å². The van der Waals surface area contributed by atoms with Crippen molar-refractivity contribution in [2.45, 2.75) is 40.0 Å². The fourth-order valence-corrected chi connectivity index (χ4v) is 5.19. The zero-order valence-corrected chi connectivity index (χ0v) is 21.1. The third kappa shape index (κ3) is 4.20. The Morgan fingerprint density at radius 1 is 0.892 bits per heavy atom. The highest BCUT2D eigenvalue weighted by Gasteiger charge is 2.39. The predicted octanol–water partition coefficient (Wildman–Crippen LogP) is 4.88. The standard InChI is InChI=1S/C30H28N2O5/c1-4-19-9-8-10-20(5-2)27(19)31-17-21(16-26(31)33)30(36)37-22-13-14-25(18(3)15-22)32-28(34)23-11-6-7-12-24(23)29(32)35/h6-15,21H,4-5,16-17H2,1-3H3/t21-/m1/s1. The zero-order chi connectivity index (χ0) is 26.3. The second kappa shape index (κ2) is 9.65. The fraction of sp³-hybridized carbons (Fsp3) is 0.267. The number of carbonyl (C=O) groups is 4. The molecule has 1 saturated heterocycles. The molecule has 0 saturated carbocycles. The van der Waals surface area contributed by atoms with Crippen molar-refractivity contribution in [3.05, 3.63) is 88.5 Å². The number of amides is 3. The number of hydrogen-bond donors (Lipinski definition) is 0. The van der Waals surface area contributed by atoms with Crippen molar-refractivity contribution in [3.8, 4) is 5.75 Å². The van der Waals surface area contributed by atoms with E-state index in [9.17, 15) is 19.2 Å². The summed E-state index contributed by atoms with van der Waals surface area (Å²) in [6.07, 6.45) is 1.67. The van der Waals surface area contributed by atoms with E-state index in [-0.39, 0.29) is 30.7 Å². The summed E-state index contributed by atoms with van der Waals surface area (Å²) in [4.78, 5) is 54.5. The topological polar surface area (TPSA) is 84.0 Å². The fourth-order valence-electron chi connectivity index (χ4n) is 5.19. The molecule has 2 heterocycles. The Hall–Kier alpha value is -4.26. The SMILES string of the molecule is CCc1cccc(CC)c1N1C[C@H](C(=O)Oc2ccc(N3C(=O)c4ccccc4C3=O)c(C)c2)CC1=O. The largest absolute Gasteiger partial charge is 0.426 e. The first-order valence-electron chi connectivity index (χ1n) is 12.5. The maximum Gasteiger partial charge on any atom is 0.316 e. The van der Waals surface area contributed by atoms with Gasteiger partial charge in [0, 0.05) is 18.7 Å². The van der Waals surface area contributed by atoms with Crippen LogP contribution in [-0.2, 0) is 22.4 Å². The van der Waals surface area contributed by atoms with Gasteiger partial charge in [0.1, 0.15) is 5.75 Å². The van der Waals surface area contributed by atoms with E-state index in [0.717, 1.165) is 34.6 Å². The lowest BCUT2D eigenvalue weighted by Gasteiger charge is -2.23. The minimum atomic E-state index is -0.585. The highest BCUT2D eigenvalue weighted by Crippen LogP contribution is 2.35. The van der Waals surface area contributed by atoms with Crippen LogP contribution in [-0.4, -0.2) is 30.2 Å². The number of hydrogen-bond acceptors (Lipinski definition) is 5. The Morgan fingerprint density at radius 2 is 1.51 bits per heavy atom. The van der Waals surface area contributed by atoms with E-state index < -0.39 is 11.9 Å². The summed E-state index contributed by atoms with van der Waals surface area (Å²) < 4.78 is 5.65. The van der Waals surface area contributed by atoms with Crippen LogP contribution in [0.4, 0.5) is 11.4 Å². The van der Waals surface area contributed by atoms with Gasteiger partial charge in [0.2, 0.25) is 5.91 Å². The third-order valence-corrected chi connectivity index (χ3v) is 7.11. The summed E-state index contributed by atoms with van der Waals surface area (Å²) in [5.41, 5.74) is 4.88. The van der Waals surface area contributed by atoms with Gasteiger partial charge in [-0.1, -0.05) is 44.2 Å². The van der Waals surface area contributed by atoms with Crippen LogP contribution in [0, 0.1) is 12.8 Å². The van der Waals surface area contributed by atoms with Crippen LogP contribution in [0.15, 0.2) is 60.7 Å². The van der Waals surface area contributed by atoms with Gasteiger partial charge in [-0.05, 0) is 66.8 Å². The van der Waals surface area contributed by atoms with Crippen molar-refractivity contribution in [2.24, 2.45) is 5.92 Å². The van der Waals surface area contributed by atoms with E-state index in [1.54, 1.807) is 54.3 Å². The van der Waals surface area contributed by atoms with Crippen molar-refractivity contribution in [1.29, 1.82) is 0 Å². The molecule has 7 nitrogen and oxygen atoms in total. The van der Waals surface area contributed by atoms with Gasteiger partial charge in [-0.2, -0.15) is 0 Å². The van der Waals surface area contributed by atoms with Gasteiger partial charge >= 0.3 is 5.97 Å². The van der Waals surface area contributed by atoms with Gasteiger partial charge in [0.25, 0.3) is 11.8 Å². The maximum absolute atomic E-state index is 13.0. The third-order valence-electron chi connectivity index (χ3n) is 7.11. The molecule has 2 aliphatic rings. The number of ether oxygens (including phenoxy) is 1. The van der Waals surface area contributed by atoms with Crippen molar-refractivity contribution < 1.29 is 23.9 Å². The number of para-hydroxylation sites is 1. The molecule has 0 unspecified atom stereocenters. The van der Waals surface area contributed by atoms with Crippen LogP contribution in [0.3, 0.4) is 0 Å². The van der Waals surface area contributed by atoms with Gasteiger partial charge in [0.15, 0.2) is 0 Å². The average molecular weight is 497 g/mol. The molecule has 0 bridgehead atoms. The van der Waals surface area contributed by atoms with E-state index in [4.69, 9.17) is 4.74 Å². The lowest BCUT2D eigenvalue weighted by atomic mass is 10.0. The van der Waals surface area contributed by atoms with E-state index >= 15 is 0 Å². The lowest BCUT2D eigenvalue weighted by Crippen LogP contribution is -2.30. The number of imide groups is 1. The molecular formula is C30H28N2O5. The molecule has 37 heavy (non-hydrogen) atoms. The first-order valence-corrected chi connectivity index (χ1v) is 12.5. The quantitative estimate of drug-likeness (QED) is 0.276. The second-order valence-corrected chi connectivity index (χ2v) is 9.40. The molecule has 3 aromatic carbocycles. The Kier molecular flexibility index (Phi) is 6.38. The molecule has 0 aromatic heterocycles. The molecule has 2 aliphatic heterocycles. The van der Waals surface area contributed by atoms with Crippen molar-refractivity contribution in [3.63, 3.8) is 0 Å². The van der Waals surface area contributed by atoms with E-state index in [0.29, 0.717) is 28.1 Å². The Balaban J connectivity index is 1.32. The van der Waals surface area contributed by atoms with Gasteiger partial charge in [-0.15, -0.1) is 0 Å². The van der Waals surface area contributed by atoms with Crippen LogP contribution in [0.5, 0.6) is 5.75 Å². The Labute approximate surface area is 215 Å². The molecule has 1 atom stereocenters. The number of benzene rings is 3. The molecule has 0 N–H and O–H groups in total. The normalized spacial score (nSPS) is 16.9. The van der Waals surface area contributed by atoms with Crippen LogP contribution >= 0.6 is 0 Å². The predicted molar refractivity (Wildman–Crippen MR) is 140 cm³/mol. The summed E-state index contributed by atoms with van der Waals surface area (Å²) in [5.74, 6) is -1.60. The van der Waals surface area contributed by atoms with E-state index in [1.165, 1.54) is 0 Å². The lowest BCUT2D eigenvalue weighted by molar-refractivity contribution is -0.139. The minimum Gasteiger partial charge on any atom is -0.426 e. The minimum absolute atomic E-state index is 0.0882. The second-order valence-electron chi connectivity index (χ2n) is 9.40. The van der Waals surface area contributed by atoms with Crippen molar-refractivity contribution in [1.82, 2.24) is 0 Å². The summed E-state index contributed by atoms with van der Waals surface area (Å²) in [5, 5.41) is 0. The molecule has 1 fully saturated rings. The van der Waals surface area contributed by atoms with E-state index in [1.807, 2.05) is 18.2 Å². The molecule has 188 valence electrons. The molecule has 7 heteroatoms. The van der Waals surface area contributed by atoms with E-state index in [2.05, 4.69) is 13.8 Å². The average Bonchev–Trinajstić information content (AvgIpc) is 3.41. The van der Waals surface area contributed by atoms with Crippen LogP contribution in [0.25, 0.3) is 0 Å². The number of fused-ring (bicyclic) bond motifs is 1. The summed E-state index contributed by atoms with van der Waals surface area (Å²) in [6.45, 7) is 6.13. The Morgan fingerprint density at radius 3 is 2.08 bits per heavy atom. The van der Waals surface area contributed by atoms with Crippen LogP contribution in [0.2, 0.25) is 0 Å². The Bertz CT molecular complexity index is 1390. The molecule has 3 aromatic rings. The monoisotopic (exact) mass is 496 g/mol. The number of aryl methyl sites for hydroxylation is 3. The van der Waals surface area contributed by atoms with Crippen molar-refractivity contribution in [2.75, 3.05) is 16.3 Å². The molecule has 3 amide bonds. The highest BCUT2D eigenvalue weighted by atomic mass is 16.5. The molecule has 0 radical (unpaired) electrons. The first-order chi connectivity index (χ1) is 17.8. The van der Waals surface area contributed by atoms with Gasteiger partial charge in [-0.3, -0.25) is 19.2 Å². The van der Waals surface area contributed by atoms with Crippen LogP contribution < -0.4 is 14.5 Å². The zero-order valence-electron chi connectivity index (χ0n) is 21.1. The first kappa shape index (κ1) is 24.4. The molecule has 0 spiro atoms. The number of carbonyl (C=O) groups excluding carboxylic acids is 4.